The van der Waals surface area contributed by atoms with Crippen molar-refractivity contribution in [3.05, 3.63) is 101 Å². The number of aliphatic hydroxyl groups is 2. The van der Waals surface area contributed by atoms with Gasteiger partial charge in [-0.1, -0.05) is 18.2 Å². The lowest BCUT2D eigenvalue weighted by molar-refractivity contribution is -0.0550. The highest BCUT2D eigenvalue weighted by Gasteiger charge is 2.43. The van der Waals surface area contributed by atoms with E-state index in [2.05, 4.69) is 0 Å². The Hall–Kier alpha value is -5.12. The van der Waals surface area contributed by atoms with Crippen molar-refractivity contribution in [1.82, 2.24) is 0 Å². The molecule has 5 aromatic rings. The maximum atomic E-state index is 11.8. The highest BCUT2D eigenvalue weighted by atomic mass is 16.5. The summed E-state index contributed by atoms with van der Waals surface area (Å²) in [4.78, 5) is 0. The van der Waals surface area contributed by atoms with Crippen LogP contribution in [0.1, 0.15) is 34.5 Å². The highest BCUT2D eigenvalue weighted by molar-refractivity contribution is 5.95. The molecule has 9 nitrogen and oxygen atoms in total. The van der Waals surface area contributed by atoms with Gasteiger partial charge >= 0.3 is 0 Å². The zero-order chi connectivity index (χ0) is 32.1. The van der Waals surface area contributed by atoms with Gasteiger partial charge in [0.1, 0.15) is 40.2 Å². The molecule has 2 heterocycles. The molecule has 9 heteroatoms. The van der Waals surface area contributed by atoms with E-state index < -0.39 is 24.0 Å². The molecule has 0 amide bonds. The van der Waals surface area contributed by atoms with Crippen molar-refractivity contribution in [2.45, 2.75) is 18.6 Å². The van der Waals surface area contributed by atoms with E-state index in [9.17, 15) is 25.5 Å². The topological polar surface area (TPSA) is 138 Å². The van der Waals surface area contributed by atoms with Gasteiger partial charge in [-0.05, 0) is 77.4 Å². The average Bonchev–Trinajstić information content (AvgIpc) is 3.05. The largest absolute Gasteiger partial charge is 0.508 e. The first-order chi connectivity index (χ1) is 22.2. The molecule has 0 saturated heterocycles. The molecule has 0 bridgehead atoms. The molecule has 5 N–H and O–H groups in total. The van der Waals surface area contributed by atoms with E-state index in [1.165, 1.54) is 7.11 Å². The Morgan fingerprint density at radius 3 is 2.04 bits per heavy atom. The highest BCUT2D eigenvalue weighted by Crippen LogP contribution is 2.51. The number of aromatic hydroxyl groups is 3. The van der Waals surface area contributed by atoms with Crippen LogP contribution in [0.25, 0.3) is 21.9 Å². The van der Waals surface area contributed by atoms with Crippen LogP contribution in [0.3, 0.4) is 0 Å². The number of aliphatic hydroxyl groups excluding tert-OH is 2. The minimum Gasteiger partial charge on any atom is -0.508 e. The van der Waals surface area contributed by atoms with E-state index >= 15 is 0 Å². The van der Waals surface area contributed by atoms with Crippen LogP contribution >= 0.6 is 0 Å². The minimum absolute atomic E-state index is 0.0931. The predicted octanol–water partition coefficient (Wildman–Crippen LogP) is 6.02. The summed E-state index contributed by atoms with van der Waals surface area (Å²) in [5.74, 6) is 1.37. The summed E-state index contributed by atoms with van der Waals surface area (Å²) in [5, 5.41) is 55.4. The fraction of sp³-hybridized carbons (Fsp3) is 0.243. The number of ether oxygens (including phenoxy) is 4. The van der Waals surface area contributed by atoms with Gasteiger partial charge in [0.15, 0.2) is 0 Å². The van der Waals surface area contributed by atoms with Gasteiger partial charge in [0, 0.05) is 45.7 Å². The number of rotatable bonds is 6. The molecular formula is C37H34O9. The van der Waals surface area contributed by atoms with Gasteiger partial charge in [-0.2, -0.15) is 0 Å². The summed E-state index contributed by atoms with van der Waals surface area (Å²) in [6.07, 6.45) is -1.64. The number of phenols is 3. The first-order valence-electron chi connectivity index (χ1n) is 15.0. The van der Waals surface area contributed by atoms with Crippen LogP contribution in [0.4, 0.5) is 0 Å². The van der Waals surface area contributed by atoms with Crippen molar-refractivity contribution in [3.8, 4) is 51.4 Å². The number of benzene rings is 5. The molecule has 2 aliphatic rings. The Morgan fingerprint density at radius 1 is 0.652 bits per heavy atom. The summed E-state index contributed by atoms with van der Waals surface area (Å²) >= 11 is 0. The predicted molar refractivity (Wildman–Crippen MR) is 171 cm³/mol. The Kier molecular flexibility index (Phi) is 7.50. The molecule has 46 heavy (non-hydrogen) atoms. The third kappa shape index (κ3) is 5.07. The summed E-state index contributed by atoms with van der Waals surface area (Å²) in [6, 6.07) is 22.2. The van der Waals surface area contributed by atoms with Gasteiger partial charge in [0.2, 0.25) is 0 Å². The van der Waals surface area contributed by atoms with E-state index in [0.29, 0.717) is 51.3 Å². The van der Waals surface area contributed by atoms with Gasteiger partial charge in [-0.25, -0.2) is 0 Å². The quantitative estimate of drug-likeness (QED) is 0.154. The molecule has 5 aromatic carbocycles. The van der Waals surface area contributed by atoms with Crippen molar-refractivity contribution in [1.29, 1.82) is 0 Å². The van der Waals surface area contributed by atoms with E-state index in [1.54, 1.807) is 73.8 Å². The molecule has 0 spiro atoms. The van der Waals surface area contributed by atoms with Crippen LogP contribution in [-0.4, -0.2) is 53.0 Å². The summed E-state index contributed by atoms with van der Waals surface area (Å²) in [6.45, 7) is 0.274. The van der Waals surface area contributed by atoms with Crippen LogP contribution in [0.2, 0.25) is 0 Å². The second-order valence-corrected chi connectivity index (χ2v) is 11.8. The molecule has 7 rings (SSSR count). The number of phenolic OH excluding ortho intramolecular Hbond substituents is 3. The van der Waals surface area contributed by atoms with Crippen molar-refractivity contribution < 1.29 is 44.5 Å². The second kappa shape index (κ2) is 11.7. The van der Waals surface area contributed by atoms with E-state index in [-0.39, 0.29) is 30.5 Å². The Balaban J connectivity index is 1.23. The molecule has 4 atom stereocenters. The molecule has 0 saturated carbocycles. The fourth-order valence-electron chi connectivity index (χ4n) is 6.86. The SMILES string of the molecule is COc1cc(Cc2cc(O)ccc2-c2cccc(O)c2)c2c(c1)C(O)C(C1COc3c(cc(OC)c4cc(O)ccc34)C1O)CO2. The van der Waals surface area contributed by atoms with Crippen molar-refractivity contribution in [2.75, 3.05) is 27.4 Å². The molecule has 0 aliphatic carbocycles. The first kappa shape index (κ1) is 29.6. The lowest BCUT2D eigenvalue weighted by Gasteiger charge is -2.41. The standard InChI is InChI=1S/C37H34O9/c1-43-25-13-21(10-20-12-23(39)6-8-26(20)19-4-3-5-22(38)11-19)36-29(15-25)34(41)31(17-45-36)32-18-46-37-27-9-7-24(40)14-28(27)33(44-2)16-30(37)35(32)42/h3-9,11-16,31-32,34-35,38-42H,10,17-18H2,1-2H3. The van der Waals surface area contributed by atoms with Gasteiger partial charge in [-0.3, -0.25) is 0 Å². The van der Waals surface area contributed by atoms with Crippen LogP contribution < -0.4 is 18.9 Å². The lowest BCUT2D eigenvalue weighted by Crippen LogP contribution is -2.40. The second-order valence-electron chi connectivity index (χ2n) is 11.8. The fourth-order valence-corrected chi connectivity index (χ4v) is 6.86. The Morgan fingerprint density at radius 2 is 1.33 bits per heavy atom. The molecular weight excluding hydrogens is 588 g/mol. The van der Waals surface area contributed by atoms with Crippen LogP contribution in [0, 0.1) is 11.8 Å². The maximum absolute atomic E-state index is 11.8. The Labute approximate surface area is 265 Å². The molecule has 236 valence electrons. The lowest BCUT2D eigenvalue weighted by atomic mass is 9.76. The summed E-state index contributed by atoms with van der Waals surface area (Å²) in [5.41, 5.74) is 4.25. The monoisotopic (exact) mass is 622 g/mol. The zero-order valence-electron chi connectivity index (χ0n) is 25.3. The van der Waals surface area contributed by atoms with Crippen molar-refractivity contribution in [2.24, 2.45) is 11.8 Å². The smallest absolute Gasteiger partial charge is 0.133 e. The van der Waals surface area contributed by atoms with Gasteiger partial charge in [0.05, 0.1) is 39.6 Å². The third-order valence-corrected chi connectivity index (χ3v) is 9.15. The minimum atomic E-state index is -1.00. The first-order valence-corrected chi connectivity index (χ1v) is 15.0. The third-order valence-electron chi connectivity index (χ3n) is 9.15. The van der Waals surface area contributed by atoms with Gasteiger partial charge < -0.3 is 44.5 Å². The van der Waals surface area contributed by atoms with Crippen LogP contribution in [-0.2, 0) is 6.42 Å². The van der Waals surface area contributed by atoms with Gasteiger partial charge in [-0.15, -0.1) is 0 Å². The van der Waals surface area contributed by atoms with Crippen molar-refractivity contribution >= 4 is 10.8 Å². The molecule has 4 unspecified atom stereocenters. The van der Waals surface area contributed by atoms with Crippen LogP contribution in [0.5, 0.6) is 40.2 Å². The molecule has 0 aromatic heterocycles. The van der Waals surface area contributed by atoms with Crippen LogP contribution in [0.15, 0.2) is 78.9 Å². The van der Waals surface area contributed by atoms with E-state index in [4.69, 9.17) is 18.9 Å². The number of hydrogen-bond acceptors (Lipinski definition) is 9. The normalized spacial score (nSPS) is 20.3. The number of fused-ring (bicyclic) bond motifs is 4. The summed E-state index contributed by atoms with van der Waals surface area (Å²) in [7, 11) is 3.08. The average molecular weight is 623 g/mol. The zero-order valence-corrected chi connectivity index (χ0v) is 25.3. The van der Waals surface area contributed by atoms with E-state index in [0.717, 1.165) is 22.3 Å². The molecule has 0 fully saturated rings. The maximum Gasteiger partial charge on any atom is 0.133 e. The summed E-state index contributed by atoms with van der Waals surface area (Å²) < 4.78 is 23.8. The Bertz CT molecular complexity index is 1950. The van der Waals surface area contributed by atoms with Gasteiger partial charge in [0.25, 0.3) is 0 Å². The molecule has 2 aliphatic heterocycles. The van der Waals surface area contributed by atoms with E-state index in [1.807, 2.05) is 12.1 Å². The number of methoxy groups -OCH3 is 2. The molecule has 0 radical (unpaired) electrons. The van der Waals surface area contributed by atoms with Crippen molar-refractivity contribution in [3.63, 3.8) is 0 Å². The number of hydrogen-bond donors (Lipinski definition) is 5.